The quantitative estimate of drug-likeness (QED) is 0.587. The van der Waals surface area contributed by atoms with Gasteiger partial charge in [0.2, 0.25) is 0 Å². The van der Waals surface area contributed by atoms with Gasteiger partial charge in [-0.05, 0) is 5.41 Å². The van der Waals surface area contributed by atoms with Crippen molar-refractivity contribution >= 4 is 26.5 Å². The number of rotatable bonds is 6. The van der Waals surface area contributed by atoms with Crippen molar-refractivity contribution in [1.82, 2.24) is 0 Å². The van der Waals surface area contributed by atoms with E-state index in [9.17, 15) is 0 Å². The molecule has 0 aliphatic carbocycles. The molecule has 0 fully saturated rings. The third-order valence-electron chi connectivity index (χ3n) is 2.82. The first-order valence-electron chi connectivity index (χ1n) is 5.74. The van der Waals surface area contributed by atoms with Crippen molar-refractivity contribution in [3.05, 3.63) is 11.1 Å². The van der Waals surface area contributed by atoms with Gasteiger partial charge in [0.15, 0.2) is 0 Å². The lowest BCUT2D eigenvalue weighted by atomic mass is 10.9. The lowest BCUT2D eigenvalue weighted by Gasteiger charge is -2.25. The zero-order valence-corrected chi connectivity index (χ0v) is 13.5. The molecule has 0 atom stereocenters. The van der Waals surface area contributed by atoms with Gasteiger partial charge in [0, 0.05) is 0 Å². The highest BCUT2D eigenvalue weighted by Crippen LogP contribution is 2.33. The fourth-order valence-corrected chi connectivity index (χ4v) is 8.55. The maximum atomic E-state index is 2.49. The van der Waals surface area contributed by atoms with Gasteiger partial charge in [0.05, 0.1) is 8.07 Å². The molecule has 84 valence electrons. The second kappa shape index (κ2) is 6.18. The monoisotopic (exact) mass is 246 g/mol. The Morgan fingerprint density at radius 2 is 1.36 bits per heavy atom. The van der Waals surface area contributed by atoms with Crippen LogP contribution in [0.4, 0.5) is 0 Å². The molecule has 0 bridgehead atoms. The summed E-state index contributed by atoms with van der Waals surface area (Å²) in [5, 5.41) is 2.43. The average molecular weight is 247 g/mol. The van der Waals surface area contributed by atoms with Gasteiger partial charge in [-0.1, -0.05) is 64.2 Å². The van der Waals surface area contributed by atoms with Crippen LogP contribution >= 0.6 is 11.2 Å². The fourth-order valence-electron chi connectivity index (χ4n) is 1.38. The molecule has 0 saturated heterocycles. The predicted molar refractivity (Wildman–Crippen MR) is 77.3 cm³/mol. The molecule has 0 aromatic heterocycles. The van der Waals surface area contributed by atoms with Gasteiger partial charge in [-0.25, -0.2) is 0 Å². The standard InChI is InChI=1S/C11H26SSi2/c1-7-14(8-2,9-3)12-10-11-13(4,5)6/h10-11H,7-9H2,1-6H3/b11-10-. The summed E-state index contributed by atoms with van der Waals surface area (Å²) in [7, 11) is -1.94. The van der Waals surface area contributed by atoms with E-state index in [1.807, 2.05) is 0 Å². The molecule has 0 aliphatic rings. The molecule has 0 saturated carbocycles. The maximum Gasteiger partial charge on any atom is 0.122 e. The molecule has 0 radical (unpaired) electrons. The minimum absolute atomic E-state index is 0.965. The highest BCUT2D eigenvalue weighted by Gasteiger charge is 2.26. The summed E-state index contributed by atoms with van der Waals surface area (Å²) in [6.07, 6.45) is 0. The SMILES string of the molecule is CC[Si](CC)(CC)S/C=C\[Si](C)(C)C. The molecule has 3 heteroatoms. The lowest BCUT2D eigenvalue weighted by molar-refractivity contribution is 1.22. The molecule has 0 nitrogen and oxygen atoms in total. The molecule has 0 spiro atoms. The second-order valence-corrected chi connectivity index (χ2v) is 18.4. The van der Waals surface area contributed by atoms with Crippen molar-refractivity contribution in [2.45, 2.75) is 58.5 Å². The van der Waals surface area contributed by atoms with Crippen LogP contribution in [0, 0.1) is 0 Å². The summed E-state index contributed by atoms with van der Waals surface area (Å²) < 4.78 is 0. The Hall–Kier alpha value is 0.524. The molecule has 0 unspecified atom stereocenters. The van der Waals surface area contributed by atoms with Gasteiger partial charge in [-0.15, -0.1) is 0 Å². The van der Waals surface area contributed by atoms with Crippen molar-refractivity contribution in [1.29, 1.82) is 0 Å². The van der Waals surface area contributed by atoms with E-state index in [-0.39, 0.29) is 0 Å². The predicted octanol–water partition coefficient (Wildman–Crippen LogP) is 5.12. The first-order valence-corrected chi connectivity index (χ1v) is 13.5. The van der Waals surface area contributed by atoms with Crippen LogP contribution in [0.1, 0.15) is 20.8 Å². The van der Waals surface area contributed by atoms with E-state index < -0.39 is 15.3 Å². The van der Waals surface area contributed by atoms with Gasteiger partial charge < -0.3 is 0 Å². The van der Waals surface area contributed by atoms with Gasteiger partial charge in [0.1, 0.15) is 7.22 Å². The van der Waals surface area contributed by atoms with Gasteiger partial charge in [0.25, 0.3) is 0 Å². The minimum Gasteiger partial charge on any atom is -0.159 e. The molecule has 0 aliphatic heterocycles. The summed E-state index contributed by atoms with van der Waals surface area (Å²) in [5.41, 5.74) is 2.49. The third kappa shape index (κ3) is 5.42. The molecule has 0 rings (SSSR count). The van der Waals surface area contributed by atoms with E-state index in [1.165, 1.54) is 18.1 Å². The highest BCUT2D eigenvalue weighted by molar-refractivity contribution is 8.31. The third-order valence-corrected chi connectivity index (χ3v) is 13.4. The largest absolute Gasteiger partial charge is 0.159 e. The summed E-state index contributed by atoms with van der Waals surface area (Å²) in [6.45, 7) is 14.3. The Balaban J connectivity index is 4.26. The summed E-state index contributed by atoms with van der Waals surface area (Å²) in [6, 6.07) is 4.25. The average Bonchev–Trinajstić information content (AvgIpc) is 2.11. The molecule has 0 amide bonds. The smallest absolute Gasteiger partial charge is 0.122 e. The first kappa shape index (κ1) is 14.5. The van der Waals surface area contributed by atoms with E-state index in [4.69, 9.17) is 0 Å². The van der Waals surface area contributed by atoms with Crippen molar-refractivity contribution in [2.24, 2.45) is 0 Å². The normalized spacial score (nSPS) is 13.9. The van der Waals surface area contributed by atoms with Crippen LogP contribution in [0.2, 0.25) is 37.8 Å². The lowest BCUT2D eigenvalue weighted by Crippen LogP contribution is -2.26. The maximum absolute atomic E-state index is 2.49. The molecular formula is C11H26SSi2. The van der Waals surface area contributed by atoms with Crippen molar-refractivity contribution in [2.75, 3.05) is 0 Å². The summed E-state index contributed by atoms with van der Waals surface area (Å²) >= 11 is 2.19. The molecule has 0 aromatic carbocycles. The molecule has 0 aromatic rings. The van der Waals surface area contributed by atoms with Crippen LogP contribution < -0.4 is 0 Å². The Morgan fingerprint density at radius 3 is 1.64 bits per heavy atom. The highest BCUT2D eigenvalue weighted by atomic mass is 32.4. The van der Waals surface area contributed by atoms with Gasteiger partial charge >= 0.3 is 0 Å². The van der Waals surface area contributed by atoms with E-state index in [0.717, 1.165) is 0 Å². The minimum atomic E-state index is -0.974. The van der Waals surface area contributed by atoms with Crippen LogP contribution in [0.25, 0.3) is 0 Å². The van der Waals surface area contributed by atoms with Crippen LogP contribution in [0.3, 0.4) is 0 Å². The van der Waals surface area contributed by atoms with Crippen LogP contribution in [0.5, 0.6) is 0 Å². The van der Waals surface area contributed by atoms with Crippen LogP contribution in [-0.2, 0) is 0 Å². The van der Waals surface area contributed by atoms with Crippen LogP contribution in [0.15, 0.2) is 11.1 Å². The molecular weight excluding hydrogens is 220 g/mol. The summed E-state index contributed by atoms with van der Waals surface area (Å²) in [4.78, 5) is 0. The summed E-state index contributed by atoms with van der Waals surface area (Å²) in [5.74, 6) is 0. The fraction of sp³-hybridized carbons (Fsp3) is 0.818. The molecule has 14 heavy (non-hydrogen) atoms. The zero-order valence-electron chi connectivity index (χ0n) is 10.7. The number of hydrogen-bond donors (Lipinski definition) is 0. The van der Waals surface area contributed by atoms with Gasteiger partial charge in [-0.2, -0.15) is 11.2 Å². The Labute approximate surface area is 96.2 Å². The van der Waals surface area contributed by atoms with Crippen molar-refractivity contribution in [3.63, 3.8) is 0 Å². The number of hydrogen-bond acceptors (Lipinski definition) is 1. The topological polar surface area (TPSA) is 0 Å². The van der Waals surface area contributed by atoms with E-state index in [0.29, 0.717) is 0 Å². The Bertz CT molecular complexity index is 170. The molecule has 0 heterocycles. The second-order valence-electron chi connectivity index (χ2n) is 5.03. The Kier molecular flexibility index (Phi) is 6.41. The van der Waals surface area contributed by atoms with E-state index >= 15 is 0 Å². The van der Waals surface area contributed by atoms with Crippen molar-refractivity contribution < 1.29 is 0 Å². The van der Waals surface area contributed by atoms with Crippen molar-refractivity contribution in [3.8, 4) is 0 Å². The van der Waals surface area contributed by atoms with E-state index in [2.05, 4.69) is 62.7 Å². The first-order chi connectivity index (χ1) is 6.39. The zero-order chi connectivity index (χ0) is 11.2. The van der Waals surface area contributed by atoms with E-state index in [1.54, 1.807) is 0 Å². The van der Waals surface area contributed by atoms with Crippen LogP contribution in [-0.4, -0.2) is 15.3 Å². The molecule has 0 N–H and O–H groups in total. The Morgan fingerprint density at radius 1 is 0.929 bits per heavy atom. The van der Waals surface area contributed by atoms with Gasteiger partial charge in [-0.3, -0.25) is 0 Å².